The molecule has 0 bridgehead atoms. The highest BCUT2D eigenvalue weighted by molar-refractivity contribution is 7.99. The molecule has 8 nitrogen and oxygen atoms in total. The Bertz CT molecular complexity index is 355. The molecule has 0 rings (SSSR count). The van der Waals surface area contributed by atoms with Crippen LogP contribution in [0.1, 0.15) is 20.8 Å². The molecule has 0 atom stereocenters. The summed E-state index contributed by atoms with van der Waals surface area (Å²) in [5, 5.41) is 5.59. The van der Waals surface area contributed by atoms with Crippen molar-refractivity contribution < 1.29 is 28.5 Å². The summed E-state index contributed by atoms with van der Waals surface area (Å²) in [4.78, 5) is 22.0. The third kappa shape index (κ3) is 15.9. The lowest BCUT2D eigenvalue weighted by atomic mass is 10.4. The van der Waals surface area contributed by atoms with E-state index in [1.165, 1.54) is 6.92 Å². The minimum absolute atomic E-state index is 0.288. The van der Waals surface area contributed by atoms with Crippen LogP contribution in [-0.2, 0) is 23.7 Å². The minimum Gasteiger partial charge on any atom is -0.465 e. The van der Waals surface area contributed by atoms with Gasteiger partial charge in [0.1, 0.15) is 13.2 Å². The van der Waals surface area contributed by atoms with Gasteiger partial charge in [-0.25, -0.2) is 4.79 Å². The van der Waals surface area contributed by atoms with Crippen molar-refractivity contribution in [2.75, 3.05) is 58.1 Å². The van der Waals surface area contributed by atoms with Crippen molar-refractivity contribution in [3.8, 4) is 0 Å². The van der Waals surface area contributed by atoms with Gasteiger partial charge in [0.2, 0.25) is 0 Å². The van der Waals surface area contributed by atoms with Crippen LogP contribution in [0.5, 0.6) is 0 Å². The molecule has 0 fully saturated rings. The van der Waals surface area contributed by atoms with E-state index in [0.29, 0.717) is 44.5 Å². The van der Waals surface area contributed by atoms with E-state index in [2.05, 4.69) is 10.6 Å². The highest BCUT2D eigenvalue weighted by Crippen LogP contribution is 2.09. The van der Waals surface area contributed by atoms with Crippen molar-refractivity contribution in [2.24, 2.45) is 0 Å². The van der Waals surface area contributed by atoms with Gasteiger partial charge in [0.15, 0.2) is 5.79 Å². The molecule has 0 aromatic carbocycles. The zero-order valence-electron chi connectivity index (χ0n) is 15.0. The number of alkyl carbamates (subject to hydrolysis) is 1. The van der Waals surface area contributed by atoms with E-state index in [9.17, 15) is 9.59 Å². The number of amides is 1. The molecule has 0 aliphatic rings. The van der Waals surface area contributed by atoms with Crippen molar-refractivity contribution in [2.45, 2.75) is 26.6 Å². The van der Waals surface area contributed by atoms with Crippen molar-refractivity contribution in [1.29, 1.82) is 0 Å². The van der Waals surface area contributed by atoms with Crippen molar-refractivity contribution >= 4 is 23.8 Å². The molecule has 0 radical (unpaired) electrons. The summed E-state index contributed by atoms with van der Waals surface area (Å²) < 4.78 is 20.9. The van der Waals surface area contributed by atoms with Crippen LogP contribution in [0.4, 0.5) is 4.79 Å². The number of likely N-dealkylation sites (N-methyl/N-ethyl adjacent to an activating group) is 1. The second-order valence-electron chi connectivity index (χ2n) is 5.22. The zero-order valence-corrected chi connectivity index (χ0v) is 15.8. The van der Waals surface area contributed by atoms with Crippen molar-refractivity contribution in [3.63, 3.8) is 0 Å². The third-order valence-electron chi connectivity index (χ3n) is 2.62. The van der Waals surface area contributed by atoms with E-state index in [4.69, 9.17) is 18.9 Å². The summed E-state index contributed by atoms with van der Waals surface area (Å²) in [7, 11) is 1.85. The Morgan fingerprint density at radius 1 is 0.958 bits per heavy atom. The number of carbonyl (C=O) groups excluding carboxylic acids is 2. The van der Waals surface area contributed by atoms with Crippen LogP contribution in [0.25, 0.3) is 0 Å². The van der Waals surface area contributed by atoms with Crippen LogP contribution in [0.2, 0.25) is 0 Å². The first kappa shape index (κ1) is 23.0. The normalized spacial score (nSPS) is 11.2. The number of hydrogen-bond acceptors (Lipinski definition) is 8. The van der Waals surface area contributed by atoms with Gasteiger partial charge < -0.3 is 29.6 Å². The highest BCUT2D eigenvalue weighted by Gasteiger charge is 2.18. The molecule has 0 unspecified atom stereocenters. The Morgan fingerprint density at radius 3 is 2.12 bits per heavy atom. The second kappa shape index (κ2) is 14.3. The molecule has 2 N–H and O–H groups in total. The molecular weight excluding hydrogens is 336 g/mol. The van der Waals surface area contributed by atoms with Gasteiger partial charge in [0, 0.05) is 31.5 Å². The molecule has 0 aromatic heterocycles. The van der Waals surface area contributed by atoms with E-state index in [1.54, 1.807) is 11.8 Å². The molecule has 0 saturated heterocycles. The molecule has 142 valence electrons. The Balaban J connectivity index is 3.47. The van der Waals surface area contributed by atoms with Crippen LogP contribution in [-0.4, -0.2) is 75.9 Å². The van der Waals surface area contributed by atoms with Gasteiger partial charge in [-0.1, -0.05) is 0 Å². The Kier molecular flexibility index (Phi) is 13.7. The third-order valence-corrected chi connectivity index (χ3v) is 3.53. The molecule has 0 aliphatic carbocycles. The SMILES string of the molecule is CNCCOC(C)(C)OCCNC(=O)OCCSCCOC(C)=O. The number of thioether (sulfide) groups is 1. The lowest BCUT2D eigenvalue weighted by Crippen LogP contribution is -2.35. The van der Waals surface area contributed by atoms with Gasteiger partial charge in [0.25, 0.3) is 0 Å². The maximum absolute atomic E-state index is 11.4. The molecular formula is C15H30N2O6S. The first-order valence-corrected chi connectivity index (χ1v) is 9.07. The molecule has 1 amide bonds. The number of esters is 1. The van der Waals surface area contributed by atoms with E-state index in [0.717, 1.165) is 6.54 Å². The summed E-state index contributed by atoms with van der Waals surface area (Å²) in [6.07, 6.45) is -0.479. The van der Waals surface area contributed by atoms with Gasteiger partial charge in [-0.05, 0) is 20.9 Å². The number of ether oxygens (including phenoxy) is 4. The van der Waals surface area contributed by atoms with E-state index in [-0.39, 0.29) is 5.97 Å². The molecule has 0 aromatic rings. The number of carbonyl (C=O) groups is 2. The Morgan fingerprint density at radius 2 is 1.54 bits per heavy atom. The first-order chi connectivity index (χ1) is 11.4. The van der Waals surface area contributed by atoms with Crippen LogP contribution in [0.15, 0.2) is 0 Å². The van der Waals surface area contributed by atoms with Crippen molar-refractivity contribution in [3.05, 3.63) is 0 Å². The first-order valence-electron chi connectivity index (χ1n) is 7.91. The molecule has 0 spiro atoms. The monoisotopic (exact) mass is 366 g/mol. The summed E-state index contributed by atoms with van der Waals surface area (Å²) >= 11 is 1.55. The fourth-order valence-electron chi connectivity index (χ4n) is 1.48. The maximum atomic E-state index is 11.4. The van der Waals surface area contributed by atoms with Crippen LogP contribution >= 0.6 is 11.8 Å². The molecule has 0 aliphatic heterocycles. The van der Waals surface area contributed by atoms with Crippen LogP contribution < -0.4 is 10.6 Å². The van der Waals surface area contributed by atoms with Gasteiger partial charge in [0.05, 0.1) is 13.2 Å². The van der Waals surface area contributed by atoms with Gasteiger partial charge in [-0.3, -0.25) is 4.79 Å². The lowest BCUT2D eigenvalue weighted by Gasteiger charge is -2.25. The van der Waals surface area contributed by atoms with Crippen molar-refractivity contribution in [1.82, 2.24) is 10.6 Å². The van der Waals surface area contributed by atoms with E-state index < -0.39 is 11.9 Å². The average Bonchev–Trinajstić information content (AvgIpc) is 2.50. The largest absolute Gasteiger partial charge is 0.465 e. The predicted octanol–water partition coefficient (Wildman–Crippen LogP) is 0.998. The van der Waals surface area contributed by atoms with Gasteiger partial charge >= 0.3 is 12.1 Å². The topological polar surface area (TPSA) is 95.1 Å². The summed E-state index contributed by atoms with van der Waals surface area (Å²) in [6, 6.07) is 0. The Labute approximate surface area is 148 Å². The highest BCUT2D eigenvalue weighted by atomic mass is 32.2. The Hall–Kier alpha value is -1.03. The van der Waals surface area contributed by atoms with E-state index >= 15 is 0 Å². The molecule has 0 heterocycles. The molecule has 9 heteroatoms. The minimum atomic E-state index is -0.693. The van der Waals surface area contributed by atoms with Gasteiger partial charge in [-0.15, -0.1) is 0 Å². The number of rotatable bonds is 14. The average molecular weight is 366 g/mol. The van der Waals surface area contributed by atoms with Crippen LogP contribution in [0, 0.1) is 0 Å². The van der Waals surface area contributed by atoms with E-state index in [1.807, 2.05) is 20.9 Å². The van der Waals surface area contributed by atoms with Crippen LogP contribution in [0.3, 0.4) is 0 Å². The summed E-state index contributed by atoms with van der Waals surface area (Å²) in [5.41, 5.74) is 0. The zero-order chi connectivity index (χ0) is 18.3. The fraction of sp³-hybridized carbons (Fsp3) is 0.867. The lowest BCUT2D eigenvalue weighted by molar-refractivity contribution is -0.211. The number of hydrogen-bond donors (Lipinski definition) is 2. The predicted molar refractivity (Wildman–Crippen MR) is 93.2 cm³/mol. The second-order valence-corrected chi connectivity index (χ2v) is 6.44. The standard InChI is InChI=1S/C15H30N2O6S/c1-13(18)20-9-11-24-12-10-21-14(19)17-6-8-23-15(2,3)22-7-5-16-4/h16H,5-12H2,1-4H3,(H,17,19). The van der Waals surface area contributed by atoms with Gasteiger partial charge in [-0.2, -0.15) is 11.8 Å². The molecule has 0 saturated carbocycles. The summed E-state index contributed by atoms with van der Waals surface area (Å²) in [5.74, 6) is 0.351. The smallest absolute Gasteiger partial charge is 0.407 e. The maximum Gasteiger partial charge on any atom is 0.407 e. The summed E-state index contributed by atoms with van der Waals surface area (Å²) in [6.45, 7) is 7.67. The number of nitrogens with one attached hydrogen (secondary N) is 2. The molecule has 24 heavy (non-hydrogen) atoms. The quantitative estimate of drug-likeness (QED) is 0.267. The fourth-order valence-corrected chi connectivity index (χ4v) is 2.09.